The Labute approximate surface area is 182 Å². The standard InChI is InChI=1S/C24H18ClN3OS/c1-2-28-19-9-5-3-7-16(19)18-13-15(11-12-20(18)28)14-26-27-24(29)23-22(25)17-8-4-6-10-21(17)30-23/h3-14H,2H2,1H3,(H,27,29)/b26-14-. The molecule has 1 N–H and O–H groups in total. The number of hydrogen-bond acceptors (Lipinski definition) is 3. The third-order valence-electron chi connectivity index (χ3n) is 5.23. The average molecular weight is 432 g/mol. The highest BCUT2D eigenvalue weighted by Crippen LogP contribution is 2.35. The first kappa shape index (κ1) is 18.9. The number of benzene rings is 3. The second-order valence-corrected chi connectivity index (χ2v) is 8.41. The number of hydrazone groups is 1. The van der Waals surface area contributed by atoms with Crippen LogP contribution in [-0.4, -0.2) is 16.7 Å². The summed E-state index contributed by atoms with van der Waals surface area (Å²) in [4.78, 5) is 13.0. The maximum absolute atomic E-state index is 12.6. The Kier molecular flexibility index (Phi) is 4.77. The topological polar surface area (TPSA) is 46.4 Å². The second kappa shape index (κ2) is 7.59. The number of aromatic nitrogens is 1. The van der Waals surface area contributed by atoms with E-state index in [-0.39, 0.29) is 5.91 Å². The first-order valence-electron chi connectivity index (χ1n) is 9.69. The molecule has 0 radical (unpaired) electrons. The first-order chi connectivity index (χ1) is 14.7. The minimum Gasteiger partial charge on any atom is -0.341 e. The van der Waals surface area contributed by atoms with Crippen LogP contribution in [0.25, 0.3) is 31.9 Å². The Morgan fingerprint density at radius 1 is 1.03 bits per heavy atom. The second-order valence-electron chi connectivity index (χ2n) is 6.98. The van der Waals surface area contributed by atoms with Crippen LogP contribution in [0.1, 0.15) is 22.2 Å². The van der Waals surface area contributed by atoms with Crippen LogP contribution in [0.3, 0.4) is 0 Å². The molecule has 0 fully saturated rings. The van der Waals surface area contributed by atoms with E-state index in [2.05, 4.69) is 58.4 Å². The highest BCUT2D eigenvalue weighted by atomic mass is 35.5. The molecule has 5 aromatic rings. The number of aryl methyl sites for hydroxylation is 1. The number of fused-ring (bicyclic) bond motifs is 4. The maximum atomic E-state index is 12.6. The molecular formula is C24H18ClN3OS. The van der Waals surface area contributed by atoms with Gasteiger partial charge in [0.05, 0.1) is 11.2 Å². The highest BCUT2D eigenvalue weighted by Gasteiger charge is 2.16. The summed E-state index contributed by atoms with van der Waals surface area (Å²) in [5, 5.41) is 7.90. The number of carbonyl (C=O) groups excluding carboxylic acids is 1. The summed E-state index contributed by atoms with van der Waals surface area (Å²) in [6.07, 6.45) is 1.66. The molecule has 5 rings (SSSR count). The molecule has 0 spiro atoms. The molecule has 0 aliphatic rings. The van der Waals surface area contributed by atoms with Gasteiger partial charge in [-0.3, -0.25) is 4.79 Å². The molecule has 4 nitrogen and oxygen atoms in total. The largest absolute Gasteiger partial charge is 0.341 e. The van der Waals surface area contributed by atoms with E-state index >= 15 is 0 Å². The number of nitrogens with one attached hydrogen (secondary N) is 1. The predicted molar refractivity (Wildman–Crippen MR) is 127 cm³/mol. The zero-order chi connectivity index (χ0) is 20.7. The van der Waals surface area contributed by atoms with Crippen molar-refractivity contribution in [1.29, 1.82) is 0 Å². The van der Waals surface area contributed by atoms with Crippen molar-refractivity contribution in [2.75, 3.05) is 0 Å². The van der Waals surface area contributed by atoms with E-state index < -0.39 is 0 Å². The summed E-state index contributed by atoms with van der Waals surface area (Å²) in [5.74, 6) is -0.305. The Balaban J connectivity index is 1.43. The molecular weight excluding hydrogens is 414 g/mol. The Morgan fingerprint density at radius 3 is 2.57 bits per heavy atom. The van der Waals surface area contributed by atoms with Gasteiger partial charge in [-0.1, -0.05) is 54.1 Å². The third kappa shape index (κ3) is 3.07. The van der Waals surface area contributed by atoms with Crippen LogP contribution in [0, 0.1) is 0 Å². The predicted octanol–water partition coefficient (Wildman–Crippen LogP) is 6.45. The molecule has 2 heterocycles. The van der Waals surface area contributed by atoms with Gasteiger partial charge in [0.15, 0.2) is 0 Å². The first-order valence-corrected chi connectivity index (χ1v) is 10.9. The molecule has 30 heavy (non-hydrogen) atoms. The third-order valence-corrected chi connectivity index (χ3v) is 6.91. The van der Waals surface area contributed by atoms with Crippen LogP contribution < -0.4 is 5.43 Å². The van der Waals surface area contributed by atoms with Crippen molar-refractivity contribution >= 4 is 67.0 Å². The van der Waals surface area contributed by atoms with E-state index in [4.69, 9.17) is 11.6 Å². The van der Waals surface area contributed by atoms with Gasteiger partial charge in [-0.2, -0.15) is 5.10 Å². The fourth-order valence-corrected chi connectivity index (χ4v) is 5.28. The monoisotopic (exact) mass is 431 g/mol. The molecule has 3 aromatic carbocycles. The molecule has 0 bridgehead atoms. The molecule has 2 aromatic heterocycles. The molecule has 148 valence electrons. The van der Waals surface area contributed by atoms with Crippen LogP contribution in [0.4, 0.5) is 0 Å². The van der Waals surface area contributed by atoms with Crippen LogP contribution >= 0.6 is 22.9 Å². The summed E-state index contributed by atoms with van der Waals surface area (Å²) in [5.41, 5.74) is 5.93. The zero-order valence-corrected chi connectivity index (χ0v) is 17.8. The van der Waals surface area contributed by atoms with Crippen molar-refractivity contribution in [1.82, 2.24) is 9.99 Å². The Morgan fingerprint density at radius 2 is 1.77 bits per heavy atom. The number of para-hydroxylation sites is 1. The summed E-state index contributed by atoms with van der Waals surface area (Å²) >= 11 is 7.75. The van der Waals surface area contributed by atoms with Gasteiger partial charge >= 0.3 is 0 Å². The van der Waals surface area contributed by atoms with Crippen molar-refractivity contribution < 1.29 is 4.79 Å². The van der Waals surface area contributed by atoms with Crippen LogP contribution in [0.15, 0.2) is 71.8 Å². The lowest BCUT2D eigenvalue weighted by atomic mass is 10.1. The number of thiophene rings is 1. The van der Waals surface area contributed by atoms with Crippen LogP contribution in [0.5, 0.6) is 0 Å². The van der Waals surface area contributed by atoms with E-state index in [0.717, 1.165) is 22.2 Å². The van der Waals surface area contributed by atoms with Crippen molar-refractivity contribution in [2.45, 2.75) is 13.5 Å². The van der Waals surface area contributed by atoms with Crippen LogP contribution in [0.2, 0.25) is 5.02 Å². The average Bonchev–Trinajstić information content (AvgIpc) is 3.28. The molecule has 6 heteroatoms. The van der Waals surface area contributed by atoms with Gasteiger partial charge in [0.2, 0.25) is 0 Å². The van der Waals surface area contributed by atoms with Gasteiger partial charge < -0.3 is 4.57 Å². The molecule has 0 saturated heterocycles. The van der Waals surface area contributed by atoms with Gasteiger partial charge in [0, 0.05) is 38.4 Å². The Hall–Kier alpha value is -3.15. The lowest BCUT2D eigenvalue weighted by Gasteiger charge is -2.02. The maximum Gasteiger partial charge on any atom is 0.283 e. The van der Waals surface area contributed by atoms with Gasteiger partial charge in [0.25, 0.3) is 5.91 Å². The summed E-state index contributed by atoms with van der Waals surface area (Å²) in [6, 6.07) is 22.3. The van der Waals surface area contributed by atoms with Gasteiger partial charge in [0.1, 0.15) is 4.88 Å². The van der Waals surface area contributed by atoms with Crippen LogP contribution in [-0.2, 0) is 6.54 Å². The number of carbonyl (C=O) groups is 1. The lowest BCUT2D eigenvalue weighted by Crippen LogP contribution is -2.16. The minimum absolute atomic E-state index is 0.305. The molecule has 0 aliphatic carbocycles. The Bertz CT molecular complexity index is 1450. The normalized spacial score (nSPS) is 11.8. The fraction of sp³-hybridized carbons (Fsp3) is 0.0833. The van der Waals surface area contributed by atoms with Crippen molar-refractivity contribution in [3.05, 3.63) is 82.2 Å². The van der Waals surface area contributed by atoms with E-state index in [1.165, 1.54) is 33.1 Å². The smallest absolute Gasteiger partial charge is 0.283 e. The van der Waals surface area contributed by atoms with E-state index in [9.17, 15) is 4.79 Å². The fourth-order valence-electron chi connectivity index (χ4n) is 3.87. The molecule has 0 atom stereocenters. The van der Waals surface area contributed by atoms with Crippen molar-refractivity contribution in [2.24, 2.45) is 5.10 Å². The lowest BCUT2D eigenvalue weighted by molar-refractivity contribution is 0.0959. The van der Waals surface area contributed by atoms with Crippen molar-refractivity contribution in [3.8, 4) is 0 Å². The molecule has 1 amide bonds. The van der Waals surface area contributed by atoms with E-state index in [1.54, 1.807) is 6.21 Å². The summed E-state index contributed by atoms with van der Waals surface area (Å²) < 4.78 is 3.28. The quantitative estimate of drug-likeness (QED) is 0.258. The van der Waals surface area contributed by atoms with Gasteiger partial charge in [-0.25, -0.2) is 5.43 Å². The number of nitrogens with zero attached hydrogens (tertiary/aromatic N) is 2. The van der Waals surface area contributed by atoms with E-state index in [0.29, 0.717) is 9.90 Å². The summed E-state index contributed by atoms with van der Waals surface area (Å²) in [7, 11) is 0. The van der Waals surface area contributed by atoms with Gasteiger partial charge in [-0.15, -0.1) is 11.3 Å². The number of halogens is 1. The van der Waals surface area contributed by atoms with E-state index in [1.807, 2.05) is 30.3 Å². The number of amides is 1. The molecule has 0 aliphatic heterocycles. The molecule has 0 saturated carbocycles. The zero-order valence-electron chi connectivity index (χ0n) is 16.2. The molecule has 0 unspecified atom stereocenters. The SMILES string of the molecule is CCn1c2ccccc2c2cc(/C=N\NC(=O)c3sc4ccccc4c3Cl)ccc21. The number of hydrogen-bond donors (Lipinski definition) is 1. The number of rotatable bonds is 4. The highest BCUT2D eigenvalue weighted by molar-refractivity contribution is 7.21. The van der Waals surface area contributed by atoms with Crippen molar-refractivity contribution in [3.63, 3.8) is 0 Å². The summed E-state index contributed by atoms with van der Waals surface area (Å²) in [6.45, 7) is 3.05. The minimum atomic E-state index is -0.305. The van der Waals surface area contributed by atoms with Gasteiger partial charge in [-0.05, 0) is 36.8 Å².